The molecule has 5 N–H and O–H groups in total. The fourth-order valence-corrected chi connectivity index (χ4v) is 2.18. The number of aromatic amines is 1. The molecule has 0 saturated carbocycles. The Balaban J connectivity index is 2.06. The normalized spacial score (nSPS) is 16.4. The number of aromatic nitrogens is 2. The topological polar surface area (TPSA) is 82.0 Å². The molecule has 0 amide bonds. The highest BCUT2D eigenvalue weighted by atomic mass is 32.1. The first-order chi connectivity index (χ1) is 9.29. The van der Waals surface area contributed by atoms with Crippen LogP contribution in [0.1, 0.15) is 11.3 Å². The number of fused-ring (bicyclic) bond motifs is 1. The highest BCUT2D eigenvalue weighted by molar-refractivity contribution is 7.80. The fraction of sp³-hybridized carbons (Fsp3) is 0. The van der Waals surface area contributed by atoms with Crippen LogP contribution in [0, 0.1) is 0 Å². The van der Waals surface area contributed by atoms with Gasteiger partial charge < -0.3 is 10.3 Å². The molecule has 0 atom stereocenters. The van der Waals surface area contributed by atoms with E-state index in [-0.39, 0.29) is 0 Å². The summed E-state index contributed by atoms with van der Waals surface area (Å²) in [6.45, 7) is 0. The van der Waals surface area contributed by atoms with E-state index < -0.39 is 0 Å². The van der Waals surface area contributed by atoms with Crippen LogP contribution in [0.4, 0.5) is 5.82 Å². The Morgan fingerprint density at radius 1 is 1.32 bits per heavy atom. The number of H-pyrrole nitrogens is 1. The first-order valence-electron chi connectivity index (χ1n) is 5.67. The third-order valence-electron chi connectivity index (χ3n) is 2.78. The zero-order chi connectivity index (χ0) is 13.2. The van der Waals surface area contributed by atoms with Gasteiger partial charge in [-0.25, -0.2) is 9.99 Å². The van der Waals surface area contributed by atoms with Crippen molar-refractivity contribution in [1.82, 2.24) is 20.8 Å². The summed E-state index contributed by atoms with van der Waals surface area (Å²) in [5, 5.41) is 5.09. The number of nitrogens with zero attached hydrogens (tertiary/aromatic N) is 2. The second-order valence-electron chi connectivity index (χ2n) is 3.96. The van der Waals surface area contributed by atoms with Gasteiger partial charge in [0.2, 0.25) is 0 Å². The summed E-state index contributed by atoms with van der Waals surface area (Å²) in [6, 6.07) is 9.95. The van der Waals surface area contributed by atoms with Crippen LogP contribution in [-0.2, 0) is 0 Å². The molecule has 0 unspecified atom stereocenters. The monoisotopic (exact) mass is 272 g/mol. The van der Waals surface area contributed by atoms with Crippen LogP contribution in [0.3, 0.4) is 0 Å². The number of anilines is 1. The number of hydrogen-bond donors (Lipinski definition) is 4. The molecule has 0 aliphatic carbocycles. The van der Waals surface area contributed by atoms with Gasteiger partial charge in [0.25, 0.3) is 0 Å². The van der Waals surface area contributed by atoms with Gasteiger partial charge in [-0.15, -0.1) is 0 Å². The molecule has 0 fully saturated rings. The minimum Gasteiger partial charge on any atom is -0.329 e. The quantitative estimate of drug-likeness (QED) is 0.371. The van der Waals surface area contributed by atoms with Gasteiger partial charge in [0.15, 0.2) is 10.9 Å². The number of rotatable bonds is 2. The van der Waals surface area contributed by atoms with E-state index in [1.165, 1.54) is 5.01 Å². The molecule has 7 heteroatoms. The summed E-state index contributed by atoms with van der Waals surface area (Å²) in [5.74, 6) is 6.16. The molecule has 0 saturated heterocycles. The summed E-state index contributed by atoms with van der Waals surface area (Å²) in [7, 11) is 0. The number of thiocarbonyl (C=S) groups is 1. The van der Waals surface area contributed by atoms with Gasteiger partial charge in [-0.1, -0.05) is 30.3 Å². The van der Waals surface area contributed by atoms with Crippen LogP contribution in [0.5, 0.6) is 0 Å². The van der Waals surface area contributed by atoms with Crippen molar-refractivity contribution in [2.45, 2.75) is 0 Å². The molecule has 96 valence electrons. The predicted molar refractivity (Wildman–Crippen MR) is 78.4 cm³/mol. The maximum atomic E-state index is 5.45. The average Bonchev–Trinajstić information content (AvgIpc) is 2.89. The van der Waals surface area contributed by atoms with Crippen molar-refractivity contribution < 1.29 is 0 Å². The molecule has 1 aliphatic heterocycles. The van der Waals surface area contributed by atoms with Crippen molar-refractivity contribution in [2.24, 2.45) is 5.84 Å². The van der Waals surface area contributed by atoms with Crippen molar-refractivity contribution in [3.05, 3.63) is 47.9 Å². The van der Waals surface area contributed by atoms with E-state index in [9.17, 15) is 0 Å². The molecule has 0 spiro atoms. The Labute approximate surface area is 115 Å². The Morgan fingerprint density at radius 2 is 2.11 bits per heavy atom. The van der Waals surface area contributed by atoms with E-state index in [0.717, 1.165) is 17.0 Å². The second-order valence-corrected chi connectivity index (χ2v) is 4.35. The van der Waals surface area contributed by atoms with Crippen LogP contribution in [-0.4, -0.2) is 15.1 Å². The summed E-state index contributed by atoms with van der Waals surface area (Å²) in [5.41, 5.74) is 5.17. The van der Waals surface area contributed by atoms with E-state index in [4.69, 9.17) is 18.1 Å². The molecule has 1 aromatic heterocycles. The minimum atomic E-state index is 0.460. The van der Waals surface area contributed by atoms with Crippen LogP contribution in [0.15, 0.2) is 36.7 Å². The van der Waals surface area contributed by atoms with Crippen LogP contribution >= 0.6 is 12.2 Å². The summed E-state index contributed by atoms with van der Waals surface area (Å²) in [6.07, 6.45) is 3.59. The van der Waals surface area contributed by atoms with E-state index in [2.05, 4.69) is 20.8 Å². The molecule has 19 heavy (non-hydrogen) atoms. The second kappa shape index (κ2) is 4.81. The molecule has 2 heterocycles. The highest BCUT2D eigenvalue weighted by Gasteiger charge is 2.26. The number of nitrogens with one attached hydrogen (secondary N) is 3. The lowest BCUT2D eigenvalue weighted by Crippen LogP contribution is -2.54. The molecule has 6 nitrogen and oxygen atoms in total. The van der Waals surface area contributed by atoms with Crippen LogP contribution < -0.4 is 21.7 Å². The van der Waals surface area contributed by atoms with Gasteiger partial charge in [0.05, 0.1) is 12.0 Å². The van der Waals surface area contributed by atoms with E-state index in [0.29, 0.717) is 10.9 Å². The Bertz CT molecular complexity index is 633. The number of imidazole rings is 1. The van der Waals surface area contributed by atoms with E-state index in [1.54, 1.807) is 6.33 Å². The maximum absolute atomic E-state index is 5.45. The first-order valence-corrected chi connectivity index (χ1v) is 6.08. The zero-order valence-electron chi connectivity index (χ0n) is 9.92. The standard InChI is InChI=1S/C12H12N6S/c13-17-18-11-10(14-7-15-11)9(16-12(18)19)6-8-4-2-1-3-5-8/h1-7,17H,13H2,(H,14,15)(H,16,19). The lowest BCUT2D eigenvalue weighted by molar-refractivity contribution is 0.755. The Morgan fingerprint density at radius 3 is 2.84 bits per heavy atom. The third-order valence-corrected chi connectivity index (χ3v) is 3.07. The average molecular weight is 272 g/mol. The van der Waals surface area contributed by atoms with Gasteiger partial charge in [-0.05, 0) is 23.9 Å². The molecule has 0 radical (unpaired) electrons. The predicted octanol–water partition coefficient (Wildman–Crippen LogP) is 0.981. The van der Waals surface area contributed by atoms with E-state index in [1.807, 2.05) is 36.4 Å². The lowest BCUT2D eigenvalue weighted by atomic mass is 10.1. The SMILES string of the molecule is NNN1C(=S)NC(=Cc2ccccc2)c2nc[nH]c21. The number of hydrazine groups is 2. The number of hydrogen-bond acceptors (Lipinski definition) is 4. The Hall–Kier alpha value is -2.22. The van der Waals surface area contributed by atoms with Gasteiger partial charge in [-0.2, -0.15) is 5.53 Å². The fourth-order valence-electron chi connectivity index (χ4n) is 1.93. The molecule has 2 aromatic rings. The zero-order valence-corrected chi connectivity index (χ0v) is 10.7. The lowest BCUT2D eigenvalue weighted by Gasteiger charge is -2.28. The summed E-state index contributed by atoms with van der Waals surface area (Å²) < 4.78 is 0. The van der Waals surface area contributed by atoms with Gasteiger partial charge >= 0.3 is 0 Å². The third kappa shape index (κ3) is 2.10. The molecule has 1 aromatic carbocycles. The summed E-state index contributed by atoms with van der Waals surface area (Å²) in [4.78, 5) is 7.29. The molecule has 3 rings (SSSR count). The van der Waals surface area contributed by atoms with Crippen molar-refractivity contribution in [3.8, 4) is 0 Å². The Kier molecular flexibility index (Phi) is 3.00. The molecule has 1 aliphatic rings. The first kappa shape index (κ1) is 11.8. The maximum Gasteiger partial charge on any atom is 0.195 e. The van der Waals surface area contributed by atoms with Crippen molar-refractivity contribution in [3.63, 3.8) is 0 Å². The number of nitrogens with two attached hydrogens (primary N) is 1. The largest absolute Gasteiger partial charge is 0.329 e. The van der Waals surface area contributed by atoms with Crippen LogP contribution in [0.25, 0.3) is 11.8 Å². The molecular formula is C12H12N6S. The van der Waals surface area contributed by atoms with Gasteiger partial charge in [0, 0.05) is 0 Å². The smallest absolute Gasteiger partial charge is 0.195 e. The van der Waals surface area contributed by atoms with E-state index >= 15 is 0 Å². The summed E-state index contributed by atoms with van der Waals surface area (Å²) >= 11 is 5.25. The van der Waals surface area contributed by atoms with Crippen molar-refractivity contribution >= 4 is 34.9 Å². The molecule has 0 bridgehead atoms. The highest BCUT2D eigenvalue weighted by Crippen LogP contribution is 2.26. The van der Waals surface area contributed by atoms with Crippen molar-refractivity contribution in [1.29, 1.82) is 0 Å². The minimum absolute atomic E-state index is 0.460. The number of benzene rings is 1. The van der Waals surface area contributed by atoms with Crippen molar-refractivity contribution in [2.75, 3.05) is 5.01 Å². The van der Waals surface area contributed by atoms with Gasteiger partial charge in [-0.3, -0.25) is 5.84 Å². The van der Waals surface area contributed by atoms with Gasteiger partial charge in [0.1, 0.15) is 5.69 Å². The molecular weight excluding hydrogens is 260 g/mol. The van der Waals surface area contributed by atoms with Crippen LogP contribution in [0.2, 0.25) is 0 Å².